The van der Waals surface area contributed by atoms with Crippen molar-refractivity contribution in [2.45, 2.75) is 31.1 Å². The van der Waals surface area contributed by atoms with Crippen molar-refractivity contribution >= 4 is 42.4 Å². The molecular weight excluding hydrogens is 721 g/mol. The van der Waals surface area contributed by atoms with Crippen molar-refractivity contribution in [3.8, 4) is 55.8 Å². The van der Waals surface area contributed by atoms with Crippen molar-refractivity contribution in [2.75, 3.05) is 0 Å². The number of aryl methyl sites for hydroxylation is 1. The average Bonchev–Trinajstić information content (AvgIpc) is 3.76. The summed E-state index contributed by atoms with van der Waals surface area (Å²) in [4.78, 5) is 11.4. The van der Waals surface area contributed by atoms with Crippen LogP contribution in [0, 0.1) is 0 Å². The summed E-state index contributed by atoms with van der Waals surface area (Å²) in [6.45, 7) is 0. The van der Waals surface area contributed by atoms with Gasteiger partial charge in [-0.25, -0.2) is 9.97 Å². The second kappa shape index (κ2) is 12.4. The Hall–Kier alpha value is -6.68. The first kappa shape index (κ1) is 32.4. The molecule has 272 valence electrons. The van der Waals surface area contributed by atoms with Gasteiger partial charge in [-0.1, -0.05) is 152 Å². The van der Waals surface area contributed by atoms with Gasteiger partial charge < -0.3 is 0 Å². The number of fused-ring (bicyclic) bond motifs is 13. The van der Waals surface area contributed by atoms with Crippen molar-refractivity contribution in [3.05, 3.63) is 203 Å². The summed E-state index contributed by atoms with van der Waals surface area (Å²) >= 11 is 1.81. The molecular formula is C55H36N2S. The highest BCUT2D eigenvalue weighted by atomic mass is 32.1. The lowest BCUT2D eigenvalue weighted by atomic mass is 9.72. The highest BCUT2D eigenvalue weighted by Crippen LogP contribution is 2.59. The zero-order valence-electron chi connectivity index (χ0n) is 31.7. The summed E-state index contributed by atoms with van der Waals surface area (Å²) in [6, 6.07) is 63.1. The first-order valence-electron chi connectivity index (χ1n) is 20.5. The van der Waals surface area contributed by atoms with Crippen LogP contribution in [0.4, 0.5) is 0 Å². The van der Waals surface area contributed by atoms with Crippen LogP contribution in [0.1, 0.15) is 51.9 Å². The number of hydrogen-bond donors (Lipinski definition) is 0. The lowest BCUT2D eigenvalue weighted by molar-refractivity contribution is 0.683. The first-order chi connectivity index (χ1) is 28.7. The van der Waals surface area contributed by atoms with Gasteiger partial charge in [-0.3, -0.25) is 0 Å². The molecule has 0 aliphatic heterocycles. The molecule has 10 aromatic rings. The molecule has 0 saturated heterocycles. The van der Waals surface area contributed by atoms with Gasteiger partial charge in [0.15, 0.2) is 0 Å². The minimum atomic E-state index is -0.0186. The lowest BCUT2D eigenvalue weighted by Crippen LogP contribution is -2.16. The van der Waals surface area contributed by atoms with Crippen molar-refractivity contribution < 1.29 is 0 Å². The molecule has 0 spiro atoms. The Morgan fingerprint density at radius 1 is 0.483 bits per heavy atom. The smallest absolute Gasteiger partial charge is 0.137 e. The van der Waals surface area contributed by atoms with E-state index in [2.05, 4.69) is 170 Å². The fourth-order valence-corrected chi connectivity index (χ4v) is 11.8. The van der Waals surface area contributed by atoms with E-state index in [1.54, 1.807) is 0 Å². The molecule has 0 radical (unpaired) electrons. The van der Waals surface area contributed by atoms with E-state index in [1.807, 2.05) is 11.3 Å². The van der Waals surface area contributed by atoms with Crippen LogP contribution in [0.15, 0.2) is 170 Å². The Morgan fingerprint density at radius 3 is 2.03 bits per heavy atom. The van der Waals surface area contributed by atoms with Gasteiger partial charge in [-0.15, -0.1) is 11.3 Å². The van der Waals surface area contributed by atoms with Gasteiger partial charge in [0, 0.05) is 27.5 Å². The molecule has 0 N–H and O–H groups in total. The first-order valence-corrected chi connectivity index (χ1v) is 21.3. The van der Waals surface area contributed by atoms with Crippen LogP contribution in [-0.4, -0.2) is 9.97 Å². The number of aromatic nitrogens is 2. The molecule has 0 saturated carbocycles. The molecule has 2 unspecified atom stereocenters. The summed E-state index contributed by atoms with van der Waals surface area (Å²) in [5.41, 5.74) is 21.0. The maximum absolute atomic E-state index is 5.75. The molecule has 3 aliphatic rings. The Bertz CT molecular complexity index is 3320. The Kier molecular flexibility index (Phi) is 6.93. The predicted molar refractivity (Wildman–Crippen MR) is 242 cm³/mol. The third-order valence-corrected chi connectivity index (χ3v) is 14.4. The van der Waals surface area contributed by atoms with Gasteiger partial charge in [-0.05, 0) is 121 Å². The summed E-state index contributed by atoms with van der Waals surface area (Å²) in [5.74, 6) is 1.21. The topological polar surface area (TPSA) is 25.8 Å². The minimum Gasteiger partial charge on any atom is -0.231 e. The lowest BCUT2D eigenvalue weighted by Gasteiger charge is -2.32. The average molecular weight is 757 g/mol. The Morgan fingerprint density at radius 2 is 1.16 bits per heavy atom. The second-order valence-electron chi connectivity index (χ2n) is 16.3. The molecule has 3 heteroatoms. The van der Waals surface area contributed by atoms with Crippen molar-refractivity contribution in [1.82, 2.24) is 9.97 Å². The minimum absolute atomic E-state index is 0.0186. The van der Waals surface area contributed by atoms with E-state index >= 15 is 0 Å². The van der Waals surface area contributed by atoms with E-state index in [0.717, 1.165) is 46.6 Å². The molecule has 58 heavy (non-hydrogen) atoms. The third kappa shape index (κ3) is 4.71. The fraction of sp³-hybridized carbons (Fsp3) is 0.0909. The van der Waals surface area contributed by atoms with Crippen molar-refractivity contribution in [2.24, 2.45) is 0 Å². The van der Waals surface area contributed by atoms with Gasteiger partial charge >= 0.3 is 0 Å². The normalized spacial score (nSPS) is 16.1. The molecule has 2 atom stereocenters. The second-order valence-corrected chi connectivity index (χ2v) is 17.3. The predicted octanol–water partition coefficient (Wildman–Crippen LogP) is 14.4. The van der Waals surface area contributed by atoms with Crippen LogP contribution in [0.3, 0.4) is 0 Å². The van der Waals surface area contributed by atoms with E-state index in [1.165, 1.54) is 93.2 Å². The number of benzene rings is 8. The van der Waals surface area contributed by atoms with E-state index in [9.17, 15) is 0 Å². The molecule has 2 heterocycles. The standard InChI is InChI=1S/C55H36N2S/c1-2-12-32(13-3-1)33-22-24-35(25-23-33)52-54-53(42-20-10-11-21-48(42)58-54)57-55(56-52)43-27-26-34-14-6-7-17-39(34)46-31-47-41-19-9-8-18-40(41)45-30-38-28-36-15-4-5-16-37(36)29-44(38)51(49(43)46)50(45)47/h1-25,28-29,31,43,45H,26-27,30H2. The van der Waals surface area contributed by atoms with Crippen LogP contribution in [0.2, 0.25) is 0 Å². The Balaban J connectivity index is 1.11. The van der Waals surface area contributed by atoms with Gasteiger partial charge in [0.2, 0.25) is 0 Å². The van der Waals surface area contributed by atoms with Gasteiger partial charge in [0.05, 0.1) is 15.9 Å². The monoisotopic (exact) mass is 756 g/mol. The number of rotatable bonds is 3. The quantitative estimate of drug-likeness (QED) is 0.179. The SMILES string of the molecule is c1ccc(-c2ccc(-c3nc(C4CCc5ccccc5-c5cc6c7c(c54)-c4cc5ccccc5cc4CC7c4ccccc4-6)nc4c3sc3ccccc34)cc2)cc1. The molecule has 2 nitrogen and oxygen atoms in total. The Labute approximate surface area is 341 Å². The molecule has 13 rings (SSSR count). The van der Waals surface area contributed by atoms with E-state index in [4.69, 9.17) is 9.97 Å². The van der Waals surface area contributed by atoms with Crippen LogP contribution in [0.25, 0.3) is 86.8 Å². The summed E-state index contributed by atoms with van der Waals surface area (Å²) < 4.78 is 2.39. The van der Waals surface area contributed by atoms with E-state index in [-0.39, 0.29) is 5.92 Å². The molecule has 3 aliphatic carbocycles. The molecule has 0 bridgehead atoms. The fourth-order valence-electron chi connectivity index (χ4n) is 10.6. The number of thiophene rings is 1. The highest BCUT2D eigenvalue weighted by molar-refractivity contribution is 7.26. The van der Waals surface area contributed by atoms with Crippen LogP contribution in [0.5, 0.6) is 0 Å². The van der Waals surface area contributed by atoms with Crippen LogP contribution >= 0.6 is 11.3 Å². The highest BCUT2D eigenvalue weighted by Gasteiger charge is 2.41. The summed E-state index contributed by atoms with van der Waals surface area (Å²) in [6.07, 6.45) is 2.89. The molecule has 2 aromatic heterocycles. The van der Waals surface area contributed by atoms with Crippen LogP contribution < -0.4 is 0 Å². The largest absolute Gasteiger partial charge is 0.231 e. The van der Waals surface area contributed by atoms with Crippen LogP contribution in [-0.2, 0) is 12.8 Å². The zero-order chi connectivity index (χ0) is 37.9. The maximum atomic E-state index is 5.75. The van der Waals surface area contributed by atoms with Gasteiger partial charge in [-0.2, -0.15) is 0 Å². The third-order valence-electron chi connectivity index (χ3n) is 13.2. The summed E-state index contributed by atoms with van der Waals surface area (Å²) in [7, 11) is 0. The van der Waals surface area contributed by atoms with Gasteiger partial charge in [0.25, 0.3) is 0 Å². The van der Waals surface area contributed by atoms with Crippen molar-refractivity contribution in [3.63, 3.8) is 0 Å². The number of hydrogen-bond acceptors (Lipinski definition) is 3. The van der Waals surface area contributed by atoms with Gasteiger partial charge in [0.1, 0.15) is 5.82 Å². The number of nitrogens with zero attached hydrogens (tertiary/aromatic N) is 2. The zero-order valence-corrected chi connectivity index (χ0v) is 32.6. The molecule has 0 amide bonds. The maximum Gasteiger partial charge on any atom is 0.137 e. The van der Waals surface area contributed by atoms with Crippen molar-refractivity contribution in [1.29, 1.82) is 0 Å². The molecule has 0 fully saturated rings. The van der Waals surface area contributed by atoms with E-state index < -0.39 is 0 Å². The summed E-state index contributed by atoms with van der Waals surface area (Å²) in [5, 5.41) is 3.80. The molecule has 8 aromatic carbocycles. The van der Waals surface area contributed by atoms with E-state index in [0.29, 0.717) is 5.92 Å².